The van der Waals surface area contributed by atoms with Gasteiger partial charge in [-0.1, -0.05) is 0 Å². The Morgan fingerprint density at radius 3 is 2.70 bits per heavy atom. The Hall–Kier alpha value is -0.940. The van der Waals surface area contributed by atoms with Crippen LogP contribution in [0.3, 0.4) is 0 Å². The summed E-state index contributed by atoms with van der Waals surface area (Å²) in [6.07, 6.45) is -0.933. The maximum absolute atomic E-state index is 9.05. The highest BCUT2D eigenvalue weighted by molar-refractivity contribution is 6.00. The third-order valence-electron chi connectivity index (χ3n) is 1.36. The van der Waals surface area contributed by atoms with E-state index in [9.17, 15) is 0 Å². The molecule has 0 amide bonds. The number of hydrogen-bond acceptors (Lipinski definition) is 5. The van der Waals surface area contributed by atoms with E-state index < -0.39 is 12.3 Å². The van der Waals surface area contributed by atoms with E-state index >= 15 is 0 Å². The van der Waals surface area contributed by atoms with Crippen LogP contribution in [-0.2, 0) is 0 Å². The van der Waals surface area contributed by atoms with Gasteiger partial charge in [0.2, 0.25) is 5.96 Å². The minimum Gasteiger partial charge on any atom is -0.370 e. The van der Waals surface area contributed by atoms with Crippen molar-refractivity contribution in [2.45, 2.75) is 19.2 Å². The number of aliphatic imine (C=N–C) groups is 2. The van der Waals surface area contributed by atoms with E-state index in [1.807, 2.05) is 0 Å². The second-order valence-corrected chi connectivity index (χ2v) is 2.18. The summed E-state index contributed by atoms with van der Waals surface area (Å²) in [5.41, 5.74) is 11.3. The molecule has 1 aliphatic rings. The smallest absolute Gasteiger partial charge is 0.217 e. The summed E-state index contributed by atoms with van der Waals surface area (Å²) in [5.74, 6) is 0.0895. The molecule has 0 saturated carbocycles. The predicted octanol–water partition coefficient (Wildman–Crippen LogP) is -1.58. The van der Waals surface area contributed by atoms with E-state index in [-0.39, 0.29) is 5.96 Å². The molecule has 5 heteroatoms. The normalized spacial score (nSPS) is 33.1. The first-order chi connectivity index (χ1) is 4.61. The van der Waals surface area contributed by atoms with Crippen molar-refractivity contribution < 1.29 is 5.11 Å². The topological polar surface area (TPSA) is 97.0 Å². The molecule has 1 aliphatic heterocycles. The third-order valence-corrected chi connectivity index (χ3v) is 1.36. The quantitative estimate of drug-likeness (QED) is 0.381. The molecule has 0 aliphatic carbocycles. The van der Waals surface area contributed by atoms with Crippen LogP contribution in [0.1, 0.15) is 6.92 Å². The summed E-state index contributed by atoms with van der Waals surface area (Å²) in [6.45, 7) is 1.70. The number of nitrogens with two attached hydrogens (primary N) is 2. The summed E-state index contributed by atoms with van der Waals surface area (Å²) in [6, 6.07) is -0.507. The zero-order valence-corrected chi connectivity index (χ0v) is 5.65. The molecular weight excluding hydrogens is 132 g/mol. The van der Waals surface area contributed by atoms with Gasteiger partial charge in [-0.2, -0.15) is 0 Å². The Balaban J connectivity index is 2.85. The Morgan fingerprint density at radius 2 is 2.20 bits per heavy atom. The minimum atomic E-state index is -0.933. The maximum Gasteiger partial charge on any atom is 0.217 e. The van der Waals surface area contributed by atoms with E-state index in [2.05, 4.69) is 9.98 Å². The van der Waals surface area contributed by atoms with Crippen LogP contribution in [0.25, 0.3) is 0 Å². The van der Waals surface area contributed by atoms with Crippen LogP contribution in [-0.4, -0.2) is 29.0 Å². The SMILES string of the molecule is CC1=NC(N)=NC(O)C1N. The first-order valence-corrected chi connectivity index (χ1v) is 2.93. The highest BCUT2D eigenvalue weighted by Crippen LogP contribution is 2.01. The van der Waals surface area contributed by atoms with Gasteiger partial charge in [-0.05, 0) is 6.92 Å². The minimum absolute atomic E-state index is 0.0895. The number of aliphatic hydroxyl groups excluding tert-OH is 1. The molecule has 0 aromatic heterocycles. The molecule has 0 spiro atoms. The fraction of sp³-hybridized carbons (Fsp3) is 0.600. The highest BCUT2D eigenvalue weighted by atomic mass is 16.3. The van der Waals surface area contributed by atoms with Gasteiger partial charge in [-0.3, -0.25) is 0 Å². The molecule has 0 aromatic carbocycles. The molecule has 0 saturated heterocycles. The van der Waals surface area contributed by atoms with Crippen molar-refractivity contribution >= 4 is 11.7 Å². The molecule has 0 bridgehead atoms. The number of guanidine groups is 1. The molecule has 0 radical (unpaired) electrons. The lowest BCUT2D eigenvalue weighted by molar-refractivity contribution is 0.174. The second-order valence-electron chi connectivity index (χ2n) is 2.18. The van der Waals surface area contributed by atoms with E-state index in [0.29, 0.717) is 5.71 Å². The summed E-state index contributed by atoms with van der Waals surface area (Å²) >= 11 is 0. The zero-order chi connectivity index (χ0) is 7.72. The number of hydrogen-bond donors (Lipinski definition) is 3. The van der Waals surface area contributed by atoms with Crippen molar-refractivity contribution in [2.24, 2.45) is 21.5 Å². The van der Waals surface area contributed by atoms with E-state index in [1.54, 1.807) is 6.92 Å². The standard InChI is InChI=1S/C5H10N4O/c1-2-3(6)4(10)9-5(7)8-2/h3-4,10H,6H2,1H3,(H2,7,9). The van der Waals surface area contributed by atoms with E-state index in [1.165, 1.54) is 0 Å². The lowest BCUT2D eigenvalue weighted by Gasteiger charge is -2.18. The van der Waals surface area contributed by atoms with Gasteiger partial charge in [0, 0.05) is 5.71 Å². The van der Waals surface area contributed by atoms with Gasteiger partial charge >= 0.3 is 0 Å². The lowest BCUT2D eigenvalue weighted by Crippen LogP contribution is -2.44. The van der Waals surface area contributed by atoms with Crippen molar-refractivity contribution in [1.29, 1.82) is 0 Å². The molecular formula is C5H10N4O. The lowest BCUT2D eigenvalue weighted by atomic mass is 10.1. The summed E-state index contributed by atoms with van der Waals surface area (Å²) < 4.78 is 0. The summed E-state index contributed by atoms with van der Waals surface area (Å²) in [7, 11) is 0. The number of rotatable bonds is 0. The fourth-order valence-corrected chi connectivity index (χ4v) is 0.716. The van der Waals surface area contributed by atoms with Gasteiger partial charge in [0.1, 0.15) is 0 Å². The molecule has 0 aromatic rings. The van der Waals surface area contributed by atoms with Gasteiger partial charge in [0.25, 0.3) is 0 Å². The Labute approximate surface area is 58.5 Å². The van der Waals surface area contributed by atoms with Crippen LogP contribution >= 0.6 is 0 Å². The molecule has 1 rings (SSSR count). The highest BCUT2D eigenvalue weighted by Gasteiger charge is 2.20. The van der Waals surface area contributed by atoms with E-state index in [0.717, 1.165) is 0 Å². The maximum atomic E-state index is 9.05. The van der Waals surface area contributed by atoms with Gasteiger partial charge in [0.15, 0.2) is 6.23 Å². The Bertz CT molecular complexity index is 198. The predicted molar refractivity (Wildman–Crippen MR) is 38.7 cm³/mol. The van der Waals surface area contributed by atoms with Crippen LogP contribution < -0.4 is 11.5 Å². The van der Waals surface area contributed by atoms with Crippen molar-refractivity contribution in [3.63, 3.8) is 0 Å². The molecule has 2 unspecified atom stereocenters. The van der Waals surface area contributed by atoms with Gasteiger partial charge in [-0.25, -0.2) is 9.98 Å². The van der Waals surface area contributed by atoms with Crippen LogP contribution in [0.5, 0.6) is 0 Å². The second kappa shape index (κ2) is 2.36. The van der Waals surface area contributed by atoms with E-state index in [4.69, 9.17) is 16.6 Å². The third kappa shape index (κ3) is 1.14. The van der Waals surface area contributed by atoms with Crippen LogP contribution in [0, 0.1) is 0 Å². The van der Waals surface area contributed by atoms with Crippen LogP contribution in [0.4, 0.5) is 0 Å². The number of nitrogens with zero attached hydrogens (tertiary/aromatic N) is 2. The van der Waals surface area contributed by atoms with Crippen molar-refractivity contribution in [3.8, 4) is 0 Å². The van der Waals surface area contributed by atoms with Crippen LogP contribution in [0.2, 0.25) is 0 Å². The first-order valence-electron chi connectivity index (χ1n) is 2.93. The van der Waals surface area contributed by atoms with Crippen molar-refractivity contribution in [1.82, 2.24) is 0 Å². The molecule has 10 heavy (non-hydrogen) atoms. The van der Waals surface area contributed by atoms with Crippen molar-refractivity contribution in [2.75, 3.05) is 0 Å². The number of aliphatic hydroxyl groups is 1. The summed E-state index contributed by atoms with van der Waals surface area (Å²) in [4.78, 5) is 7.33. The zero-order valence-electron chi connectivity index (χ0n) is 5.65. The molecule has 56 valence electrons. The largest absolute Gasteiger partial charge is 0.370 e. The molecule has 5 nitrogen and oxygen atoms in total. The Morgan fingerprint density at radius 1 is 1.60 bits per heavy atom. The molecule has 1 heterocycles. The van der Waals surface area contributed by atoms with Crippen molar-refractivity contribution in [3.05, 3.63) is 0 Å². The molecule has 5 N–H and O–H groups in total. The van der Waals surface area contributed by atoms with Gasteiger partial charge in [-0.15, -0.1) is 0 Å². The molecule has 2 atom stereocenters. The fourth-order valence-electron chi connectivity index (χ4n) is 0.716. The molecule has 0 fully saturated rings. The average molecular weight is 142 g/mol. The van der Waals surface area contributed by atoms with Gasteiger partial charge < -0.3 is 16.6 Å². The summed E-state index contributed by atoms with van der Waals surface area (Å²) in [5, 5.41) is 9.05. The average Bonchev–Trinajstić information content (AvgIpc) is 1.82. The first kappa shape index (κ1) is 7.17. The van der Waals surface area contributed by atoms with Crippen LogP contribution in [0.15, 0.2) is 9.98 Å². The van der Waals surface area contributed by atoms with Gasteiger partial charge in [0.05, 0.1) is 6.04 Å². The Kier molecular flexibility index (Phi) is 1.69. The monoisotopic (exact) mass is 142 g/mol.